The molecular formula is C17H22N4O3. The smallest absolute Gasteiger partial charge is 0.301 e. The van der Waals surface area contributed by atoms with Crippen LogP contribution in [0.15, 0.2) is 30.5 Å². The Kier molecular flexibility index (Phi) is 4.64. The predicted octanol–water partition coefficient (Wildman–Crippen LogP) is 2.67. The summed E-state index contributed by atoms with van der Waals surface area (Å²) in [6.45, 7) is 8.09. The summed E-state index contributed by atoms with van der Waals surface area (Å²) >= 11 is 0. The SMILES string of the molecule is CC(C)(CNc1ccc2ncccc2c1[N+](=O)[O-])N1CCOCC1. The van der Waals surface area contributed by atoms with E-state index in [2.05, 4.69) is 29.0 Å². The van der Waals surface area contributed by atoms with E-state index in [0.717, 1.165) is 26.3 Å². The van der Waals surface area contributed by atoms with Crippen molar-refractivity contribution in [2.45, 2.75) is 19.4 Å². The van der Waals surface area contributed by atoms with Gasteiger partial charge in [-0.3, -0.25) is 20.0 Å². The summed E-state index contributed by atoms with van der Waals surface area (Å²) in [7, 11) is 0. The average molecular weight is 330 g/mol. The van der Waals surface area contributed by atoms with Crippen LogP contribution in [0.25, 0.3) is 10.9 Å². The summed E-state index contributed by atoms with van der Waals surface area (Å²) in [6.07, 6.45) is 1.64. The van der Waals surface area contributed by atoms with Crippen molar-refractivity contribution in [3.63, 3.8) is 0 Å². The van der Waals surface area contributed by atoms with Gasteiger partial charge in [-0.05, 0) is 38.1 Å². The van der Waals surface area contributed by atoms with E-state index in [1.165, 1.54) is 0 Å². The lowest BCUT2D eigenvalue weighted by atomic mass is 10.0. The average Bonchev–Trinajstić information content (AvgIpc) is 2.60. The van der Waals surface area contributed by atoms with Crippen molar-refractivity contribution in [2.75, 3.05) is 38.2 Å². The molecule has 0 bridgehead atoms. The van der Waals surface area contributed by atoms with Gasteiger partial charge in [0, 0.05) is 31.4 Å². The monoisotopic (exact) mass is 330 g/mol. The quantitative estimate of drug-likeness (QED) is 0.670. The fourth-order valence-electron chi connectivity index (χ4n) is 3.07. The topological polar surface area (TPSA) is 80.5 Å². The summed E-state index contributed by atoms with van der Waals surface area (Å²) in [5.41, 5.74) is 1.11. The number of pyridine rings is 1. The number of nitro benzene ring substituents is 1. The third-order valence-corrected chi connectivity index (χ3v) is 4.52. The van der Waals surface area contributed by atoms with Crippen molar-refractivity contribution in [3.05, 3.63) is 40.6 Å². The van der Waals surface area contributed by atoms with Crippen molar-refractivity contribution in [3.8, 4) is 0 Å². The second-order valence-corrected chi connectivity index (χ2v) is 6.55. The number of ether oxygens (including phenoxy) is 1. The molecule has 1 aliphatic rings. The molecule has 3 rings (SSSR count). The van der Waals surface area contributed by atoms with Gasteiger partial charge in [0.1, 0.15) is 5.69 Å². The molecule has 7 nitrogen and oxygen atoms in total. The van der Waals surface area contributed by atoms with Gasteiger partial charge in [0.2, 0.25) is 0 Å². The minimum Gasteiger partial charge on any atom is -0.379 e. The van der Waals surface area contributed by atoms with Gasteiger partial charge in [-0.15, -0.1) is 0 Å². The first-order chi connectivity index (χ1) is 11.5. The molecule has 1 aromatic heterocycles. The minimum atomic E-state index is -0.339. The van der Waals surface area contributed by atoms with E-state index in [4.69, 9.17) is 4.74 Å². The maximum Gasteiger partial charge on any atom is 0.301 e. The number of fused-ring (bicyclic) bond motifs is 1. The highest BCUT2D eigenvalue weighted by Gasteiger charge is 2.29. The van der Waals surface area contributed by atoms with Crippen molar-refractivity contribution in [1.82, 2.24) is 9.88 Å². The first kappa shape index (κ1) is 16.6. The zero-order chi connectivity index (χ0) is 17.2. The number of nitrogens with one attached hydrogen (secondary N) is 1. The van der Waals surface area contributed by atoms with E-state index in [1.807, 2.05) is 6.07 Å². The fraction of sp³-hybridized carbons (Fsp3) is 0.471. The molecule has 1 aromatic carbocycles. The molecule has 0 spiro atoms. The molecule has 0 amide bonds. The Balaban J connectivity index is 1.84. The van der Waals surface area contributed by atoms with Crippen LogP contribution in [-0.4, -0.2) is 53.2 Å². The molecule has 0 atom stereocenters. The molecular weight excluding hydrogens is 308 g/mol. The van der Waals surface area contributed by atoms with E-state index in [9.17, 15) is 10.1 Å². The first-order valence-electron chi connectivity index (χ1n) is 8.08. The molecule has 2 heterocycles. The largest absolute Gasteiger partial charge is 0.379 e. The molecule has 0 aliphatic carbocycles. The summed E-state index contributed by atoms with van der Waals surface area (Å²) in [5, 5.41) is 15.4. The Hall–Kier alpha value is -2.25. The number of morpholine rings is 1. The van der Waals surface area contributed by atoms with E-state index >= 15 is 0 Å². The second kappa shape index (κ2) is 6.70. The van der Waals surface area contributed by atoms with E-state index in [0.29, 0.717) is 23.1 Å². The highest BCUT2D eigenvalue weighted by molar-refractivity contribution is 5.94. The summed E-state index contributed by atoms with van der Waals surface area (Å²) < 4.78 is 5.40. The maximum absolute atomic E-state index is 11.6. The number of aromatic nitrogens is 1. The van der Waals surface area contributed by atoms with Gasteiger partial charge in [0.15, 0.2) is 0 Å². The molecule has 1 fully saturated rings. The first-order valence-corrected chi connectivity index (χ1v) is 8.08. The molecule has 0 unspecified atom stereocenters. The van der Waals surface area contributed by atoms with E-state index in [1.54, 1.807) is 24.4 Å². The number of nitro groups is 1. The van der Waals surface area contributed by atoms with Crippen LogP contribution in [0.5, 0.6) is 0 Å². The zero-order valence-electron chi connectivity index (χ0n) is 14.0. The third kappa shape index (κ3) is 3.32. The minimum absolute atomic E-state index is 0.0818. The molecule has 1 aliphatic heterocycles. The molecule has 1 saturated heterocycles. The van der Waals surface area contributed by atoms with Gasteiger partial charge in [-0.2, -0.15) is 0 Å². The summed E-state index contributed by atoms with van der Waals surface area (Å²) in [4.78, 5) is 17.8. The fourth-order valence-corrected chi connectivity index (χ4v) is 3.07. The van der Waals surface area contributed by atoms with Gasteiger partial charge in [-0.1, -0.05) is 0 Å². The third-order valence-electron chi connectivity index (χ3n) is 4.52. The molecule has 24 heavy (non-hydrogen) atoms. The maximum atomic E-state index is 11.6. The molecule has 1 N–H and O–H groups in total. The standard InChI is InChI=1S/C17H22N4O3/c1-17(2,20-8-10-24-11-9-20)12-19-15-6-5-14-13(4-3-7-18-14)16(15)21(22)23/h3-7,19H,8-12H2,1-2H3. The Morgan fingerprint density at radius 2 is 2.08 bits per heavy atom. The number of nitrogens with zero attached hydrogens (tertiary/aromatic N) is 3. The number of hydrogen-bond donors (Lipinski definition) is 1. The Morgan fingerprint density at radius 1 is 1.33 bits per heavy atom. The lowest BCUT2D eigenvalue weighted by Gasteiger charge is -2.41. The summed E-state index contributed by atoms with van der Waals surface area (Å²) in [5.74, 6) is 0. The van der Waals surface area contributed by atoms with Crippen LogP contribution in [-0.2, 0) is 4.74 Å². The van der Waals surface area contributed by atoms with Crippen LogP contribution in [0.2, 0.25) is 0 Å². The lowest BCUT2D eigenvalue weighted by Crippen LogP contribution is -2.53. The highest BCUT2D eigenvalue weighted by Crippen LogP contribution is 2.33. The Bertz CT molecular complexity index is 742. The van der Waals surface area contributed by atoms with Crippen molar-refractivity contribution >= 4 is 22.3 Å². The normalized spacial score (nSPS) is 16.2. The molecule has 7 heteroatoms. The van der Waals surface area contributed by atoms with Gasteiger partial charge >= 0.3 is 5.69 Å². The lowest BCUT2D eigenvalue weighted by molar-refractivity contribution is -0.382. The Morgan fingerprint density at radius 3 is 2.79 bits per heavy atom. The van der Waals surface area contributed by atoms with Crippen LogP contribution >= 0.6 is 0 Å². The number of anilines is 1. The predicted molar refractivity (Wildman–Crippen MR) is 93.4 cm³/mol. The number of rotatable bonds is 5. The molecule has 2 aromatic rings. The molecule has 128 valence electrons. The number of benzene rings is 1. The van der Waals surface area contributed by atoms with Gasteiger partial charge < -0.3 is 10.1 Å². The van der Waals surface area contributed by atoms with Crippen LogP contribution in [0, 0.1) is 10.1 Å². The van der Waals surface area contributed by atoms with Crippen LogP contribution in [0.3, 0.4) is 0 Å². The van der Waals surface area contributed by atoms with Crippen molar-refractivity contribution < 1.29 is 9.66 Å². The van der Waals surface area contributed by atoms with Crippen molar-refractivity contribution in [1.29, 1.82) is 0 Å². The van der Waals surface area contributed by atoms with Crippen molar-refractivity contribution in [2.24, 2.45) is 0 Å². The highest BCUT2D eigenvalue weighted by atomic mass is 16.6. The van der Waals surface area contributed by atoms with Gasteiger partial charge in [-0.25, -0.2) is 0 Å². The van der Waals surface area contributed by atoms with Gasteiger partial charge in [0.25, 0.3) is 0 Å². The van der Waals surface area contributed by atoms with Crippen LogP contribution < -0.4 is 5.32 Å². The Labute approximate surface area is 140 Å². The van der Waals surface area contributed by atoms with Crippen LogP contribution in [0.1, 0.15) is 13.8 Å². The van der Waals surface area contributed by atoms with Crippen LogP contribution in [0.4, 0.5) is 11.4 Å². The second-order valence-electron chi connectivity index (χ2n) is 6.55. The summed E-state index contributed by atoms with van der Waals surface area (Å²) in [6, 6.07) is 7.00. The van der Waals surface area contributed by atoms with Gasteiger partial charge in [0.05, 0.1) is 29.0 Å². The zero-order valence-corrected chi connectivity index (χ0v) is 14.0. The number of hydrogen-bond acceptors (Lipinski definition) is 6. The molecule has 0 saturated carbocycles. The van der Waals surface area contributed by atoms with E-state index < -0.39 is 0 Å². The molecule has 0 radical (unpaired) electrons. The van der Waals surface area contributed by atoms with E-state index in [-0.39, 0.29) is 16.1 Å².